The number of nitrogens with zero attached hydrogens (tertiary/aromatic N) is 3. The summed E-state index contributed by atoms with van der Waals surface area (Å²) < 4.78 is 44.5. The molecular formula is C12H7BrF3N3O. The zero-order chi connectivity index (χ0) is 14.9. The highest BCUT2D eigenvalue weighted by Gasteiger charge is 2.35. The van der Waals surface area contributed by atoms with Crippen LogP contribution in [0.3, 0.4) is 0 Å². The van der Waals surface area contributed by atoms with Gasteiger partial charge in [0.25, 0.3) is 0 Å². The Balaban J connectivity index is 2.36. The topological polar surface area (TPSA) is 50.8 Å². The Morgan fingerprint density at radius 2 is 2.05 bits per heavy atom. The molecular weight excluding hydrogens is 339 g/mol. The summed E-state index contributed by atoms with van der Waals surface area (Å²) in [5, 5.41) is 12.1. The van der Waals surface area contributed by atoms with Gasteiger partial charge in [0.1, 0.15) is 5.75 Å². The second-order valence-corrected chi connectivity index (χ2v) is 4.70. The molecule has 1 aromatic heterocycles. The van der Waals surface area contributed by atoms with E-state index in [0.717, 1.165) is 10.7 Å². The molecule has 2 aromatic rings. The molecule has 1 aromatic carbocycles. The van der Waals surface area contributed by atoms with Gasteiger partial charge in [-0.15, -0.1) is 0 Å². The smallest absolute Gasteiger partial charge is 0.435 e. The molecule has 20 heavy (non-hydrogen) atoms. The second kappa shape index (κ2) is 5.17. The quantitative estimate of drug-likeness (QED) is 0.830. The van der Waals surface area contributed by atoms with Gasteiger partial charge in [0, 0.05) is 13.1 Å². The number of halogens is 4. The van der Waals surface area contributed by atoms with Crippen LogP contribution in [-0.2, 0) is 13.2 Å². The molecule has 0 aliphatic heterocycles. The summed E-state index contributed by atoms with van der Waals surface area (Å²) in [6, 6.07) is 7.27. The molecule has 0 atom stereocenters. The largest absolute Gasteiger partial charge is 0.438 e. The molecule has 0 spiro atoms. The Morgan fingerprint density at radius 3 is 2.60 bits per heavy atom. The Kier molecular flexibility index (Phi) is 3.72. The van der Waals surface area contributed by atoms with E-state index in [2.05, 4.69) is 21.0 Å². The lowest BCUT2D eigenvalue weighted by atomic mass is 10.2. The van der Waals surface area contributed by atoms with Crippen molar-refractivity contribution < 1.29 is 17.9 Å². The number of benzene rings is 1. The second-order valence-electron chi connectivity index (χ2n) is 3.85. The summed E-state index contributed by atoms with van der Waals surface area (Å²) >= 11 is 3.20. The molecule has 104 valence electrons. The first-order valence-electron chi connectivity index (χ1n) is 5.30. The van der Waals surface area contributed by atoms with Crippen LogP contribution in [0.1, 0.15) is 11.3 Å². The molecule has 8 heteroatoms. The van der Waals surface area contributed by atoms with Gasteiger partial charge in [0.05, 0.1) is 16.1 Å². The van der Waals surface area contributed by atoms with Crippen LogP contribution in [0.2, 0.25) is 0 Å². The van der Waals surface area contributed by atoms with Crippen molar-refractivity contribution >= 4 is 15.9 Å². The average molecular weight is 346 g/mol. The molecule has 0 aliphatic carbocycles. The summed E-state index contributed by atoms with van der Waals surface area (Å²) in [6.45, 7) is 0. The number of rotatable bonds is 2. The van der Waals surface area contributed by atoms with Crippen LogP contribution in [0, 0.1) is 11.3 Å². The molecule has 0 bridgehead atoms. The van der Waals surface area contributed by atoms with Gasteiger partial charge in [-0.1, -0.05) is 0 Å². The summed E-state index contributed by atoms with van der Waals surface area (Å²) in [4.78, 5) is 0. The molecule has 4 nitrogen and oxygen atoms in total. The number of aryl methyl sites for hydroxylation is 1. The Bertz CT molecular complexity index is 688. The van der Waals surface area contributed by atoms with Crippen LogP contribution in [0.5, 0.6) is 11.6 Å². The zero-order valence-electron chi connectivity index (χ0n) is 10.1. The van der Waals surface area contributed by atoms with E-state index < -0.39 is 11.9 Å². The highest BCUT2D eigenvalue weighted by Crippen LogP contribution is 2.34. The number of aromatic nitrogens is 2. The highest BCUT2D eigenvalue weighted by atomic mass is 79.9. The maximum atomic E-state index is 12.5. The van der Waals surface area contributed by atoms with Crippen molar-refractivity contribution in [2.24, 2.45) is 7.05 Å². The molecule has 1 heterocycles. The fourth-order valence-electron chi connectivity index (χ4n) is 1.45. The number of alkyl halides is 3. The molecule has 0 saturated carbocycles. The van der Waals surface area contributed by atoms with Crippen LogP contribution < -0.4 is 4.74 Å². The summed E-state index contributed by atoms with van der Waals surface area (Å²) in [7, 11) is 1.34. The Hall–Kier alpha value is -2.01. The van der Waals surface area contributed by atoms with Crippen LogP contribution in [-0.4, -0.2) is 9.78 Å². The lowest BCUT2D eigenvalue weighted by Gasteiger charge is -2.07. The third kappa shape index (κ3) is 2.93. The van der Waals surface area contributed by atoms with E-state index in [4.69, 9.17) is 10.00 Å². The minimum atomic E-state index is -4.54. The molecule has 0 amide bonds. The average Bonchev–Trinajstić information content (AvgIpc) is 2.74. The van der Waals surface area contributed by atoms with Crippen LogP contribution in [0.15, 0.2) is 28.7 Å². The van der Waals surface area contributed by atoms with Gasteiger partial charge in [-0.25, -0.2) is 4.68 Å². The van der Waals surface area contributed by atoms with Crippen molar-refractivity contribution in [3.8, 4) is 17.7 Å². The van der Waals surface area contributed by atoms with Crippen LogP contribution in [0.4, 0.5) is 13.2 Å². The minimum Gasteiger partial charge on any atom is -0.438 e. The molecule has 2 rings (SSSR count). The lowest BCUT2D eigenvalue weighted by molar-refractivity contribution is -0.141. The van der Waals surface area contributed by atoms with Crippen molar-refractivity contribution in [2.45, 2.75) is 6.18 Å². The summed E-state index contributed by atoms with van der Waals surface area (Å²) in [5.74, 6) is 0.161. The van der Waals surface area contributed by atoms with Gasteiger partial charge in [-0.3, -0.25) is 0 Å². The van der Waals surface area contributed by atoms with Crippen molar-refractivity contribution in [1.29, 1.82) is 5.26 Å². The molecule has 0 fully saturated rings. The van der Waals surface area contributed by atoms with Gasteiger partial charge < -0.3 is 4.74 Å². The maximum absolute atomic E-state index is 12.5. The molecule has 0 N–H and O–H groups in total. The first kappa shape index (κ1) is 14.4. The molecule has 0 aliphatic rings. The zero-order valence-corrected chi connectivity index (χ0v) is 11.7. The van der Waals surface area contributed by atoms with E-state index in [0.29, 0.717) is 10.0 Å². The van der Waals surface area contributed by atoms with E-state index in [1.54, 1.807) is 12.1 Å². The van der Waals surface area contributed by atoms with Gasteiger partial charge in [0.15, 0.2) is 5.69 Å². The van der Waals surface area contributed by atoms with E-state index >= 15 is 0 Å². The first-order valence-corrected chi connectivity index (χ1v) is 6.09. The molecule has 0 saturated heterocycles. The van der Waals surface area contributed by atoms with E-state index in [1.807, 2.05) is 6.07 Å². The third-order valence-corrected chi connectivity index (χ3v) is 3.06. The number of hydrogen-bond donors (Lipinski definition) is 0. The number of ether oxygens (including phenoxy) is 1. The monoisotopic (exact) mass is 345 g/mol. The summed E-state index contributed by atoms with van der Waals surface area (Å²) in [6.07, 6.45) is -4.54. The van der Waals surface area contributed by atoms with Gasteiger partial charge >= 0.3 is 6.18 Å². The third-order valence-electron chi connectivity index (χ3n) is 2.40. The first-order chi connectivity index (χ1) is 9.31. The summed E-state index contributed by atoms with van der Waals surface area (Å²) in [5.41, 5.74) is -0.705. The minimum absolute atomic E-state index is 0.0758. The molecule has 0 radical (unpaired) electrons. The fourth-order valence-corrected chi connectivity index (χ4v) is 1.78. The Morgan fingerprint density at radius 1 is 1.35 bits per heavy atom. The number of hydrogen-bond acceptors (Lipinski definition) is 3. The van der Waals surface area contributed by atoms with Gasteiger partial charge in [-0.2, -0.15) is 23.5 Å². The van der Waals surface area contributed by atoms with Crippen LogP contribution >= 0.6 is 15.9 Å². The Labute approximate surface area is 120 Å². The standard InChI is InChI=1S/C12H7BrF3N3O/c1-19-11(5-10(18-19)12(14,15)16)20-9-4-7(6-17)2-3-8(9)13/h2-5H,1H3. The highest BCUT2D eigenvalue weighted by molar-refractivity contribution is 9.10. The fraction of sp³-hybridized carbons (Fsp3) is 0.167. The van der Waals surface area contributed by atoms with Crippen molar-refractivity contribution in [3.63, 3.8) is 0 Å². The van der Waals surface area contributed by atoms with E-state index in [9.17, 15) is 13.2 Å². The SMILES string of the molecule is Cn1nc(C(F)(F)F)cc1Oc1cc(C#N)ccc1Br. The van der Waals surface area contributed by atoms with Gasteiger partial charge in [-0.05, 0) is 34.1 Å². The normalized spacial score (nSPS) is 11.2. The lowest BCUT2D eigenvalue weighted by Crippen LogP contribution is -2.06. The van der Waals surface area contributed by atoms with Crippen LogP contribution in [0.25, 0.3) is 0 Å². The van der Waals surface area contributed by atoms with Crippen molar-refractivity contribution in [1.82, 2.24) is 9.78 Å². The molecule has 0 unspecified atom stereocenters. The van der Waals surface area contributed by atoms with Crippen molar-refractivity contribution in [3.05, 3.63) is 40.0 Å². The number of nitriles is 1. The van der Waals surface area contributed by atoms with E-state index in [1.165, 1.54) is 13.1 Å². The predicted octanol–water partition coefficient (Wildman–Crippen LogP) is 3.87. The predicted molar refractivity (Wildman–Crippen MR) is 67.1 cm³/mol. The van der Waals surface area contributed by atoms with E-state index in [-0.39, 0.29) is 11.6 Å². The van der Waals surface area contributed by atoms with Crippen molar-refractivity contribution in [2.75, 3.05) is 0 Å². The maximum Gasteiger partial charge on any atom is 0.435 e. The van der Waals surface area contributed by atoms with Gasteiger partial charge in [0.2, 0.25) is 5.88 Å².